The highest BCUT2D eigenvalue weighted by Crippen LogP contribution is 2.09. The summed E-state index contributed by atoms with van der Waals surface area (Å²) in [5.74, 6) is -1.24. The van der Waals surface area contributed by atoms with Gasteiger partial charge in [-0.15, -0.1) is 0 Å². The standard InChI is InChI=1S/C13H15N3O4S/c1-16-8-12(14-9-16)21(19,20)15-11(13(17)18)7-10-5-3-2-4-6-10/h2-6,8-9,11,15H,7H2,1H3,(H,17,18). The summed E-state index contributed by atoms with van der Waals surface area (Å²) in [4.78, 5) is 15.0. The zero-order valence-corrected chi connectivity index (χ0v) is 12.1. The number of aliphatic carboxylic acids is 1. The van der Waals surface area contributed by atoms with Crippen molar-refractivity contribution < 1.29 is 18.3 Å². The van der Waals surface area contributed by atoms with E-state index in [0.717, 1.165) is 5.56 Å². The van der Waals surface area contributed by atoms with E-state index in [9.17, 15) is 18.3 Å². The third kappa shape index (κ3) is 3.89. The number of hydrogen-bond acceptors (Lipinski definition) is 4. The first-order valence-corrected chi connectivity index (χ1v) is 7.64. The number of sulfonamides is 1. The number of rotatable bonds is 6. The highest BCUT2D eigenvalue weighted by molar-refractivity contribution is 7.89. The second kappa shape index (κ2) is 6.06. The molecule has 1 aromatic heterocycles. The van der Waals surface area contributed by atoms with Crippen molar-refractivity contribution in [1.82, 2.24) is 14.3 Å². The lowest BCUT2D eigenvalue weighted by Gasteiger charge is -2.13. The Morgan fingerprint density at radius 3 is 2.57 bits per heavy atom. The lowest BCUT2D eigenvalue weighted by molar-refractivity contribution is -0.138. The fourth-order valence-electron chi connectivity index (χ4n) is 1.80. The van der Waals surface area contributed by atoms with Crippen LogP contribution >= 0.6 is 0 Å². The molecule has 0 amide bonds. The van der Waals surface area contributed by atoms with E-state index in [2.05, 4.69) is 9.71 Å². The van der Waals surface area contributed by atoms with E-state index in [1.165, 1.54) is 17.1 Å². The van der Waals surface area contributed by atoms with E-state index in [-0.39, 0.29) is 11.4 Å². The van der Waals surface area contributed by atoms with Gasteiger partial charge in [0, 0.05) is 13.2 Å². The van der Waals surface area contributed by atoms with E-state index in [4.69, 9.17) is 0 Å². The van der Waals surface area contributed by atoms with E-state index < -0.39 is 22.0 Å². The maximum atomic E-state index is 12.1. The second-order valence-corrected chi connectivity index (χ2v) is 6.24. The maximum Gasteiger partial charge on any atom is 0.322 e. The molecule has 0 bridgehead atoms. The minimum absolute atomic E-state index is 0.0578. The van der Waals surface area contributed by atoms with Crippen molar-refractivity contribution in [3.05, 3.63) is 48.4 Å². The van der Waals surface area contributed by atoms with Gasteiger partial charge >= 0.3 is 5.97 Å². The first-order valence-electron chi connectivity index (χ1n) is 6.15. The van der Waals surface area contributed by atoms with Gasteiger partial charge in [-0.25, -0.2) is 13.4 Å². The summed E-state index contributed by atoms with van der Waals surface area (Å²) in [7, 11) is -2.34. The molecule has 2 rings (SSSR count). The van der Waals surface area contributed by atoms with Gasteiger partial charge in [0.1, 0.15) is 6.04 Å². The van der Waals surface area contributed by atoms with Crippen LogP contribution in [0.15, 0.2) is 47.9 Å². The normalized spacial score (nSPS) is 13.0. The Hall–Kier alpha value is -2.19. The van der Waals surface area contributed by atoms with E-state index in [0.29, 0.717) is 0 Å². The first kappa shape index (κ1) is 15.2. The lowest BCUT2D eigenvalue weighted by Crippen LogP contribution is -2.42. The lowest BCUT2D eigenvalue weighted by atomic mass is 10.1. The molecule has 1 aromatic carbocycles. The van der Waals surface area contributed by atoms with E-state index >= 15 is 0 Å². The summed E-state index contributed by atoms with van der Waals surface area (Å²) in [5, 5.41) is 8.99. The van der Waals surface area contributed by atoms with E-state index in [1.807, 2.05) is 0 Å². The highest BCUT2D eigenvalue weighted by atomic mass is 32.2. The molecule has 1 unspecified atom stereocenters. The largest absolute Gasteiger partial charge is 0.480 e. The Bertz CT molecular complexity index is 725. The molecule has 0 saturated carbocycles. The van der Waals surface area contributed by atoms with E-state index in [1.54, 1.807) is 37.4 Å². The average molecular weight is 309 g/mol. The van der Waals surface area contributed by atoms with Crippen LogP contribution < -0.4 is 4.72 Å². The molecule has 2 N–H and O–H groups in total. The van der Waals surface area contributed by atoms with Gasteiger partial charge in [0.05, 0.1) is 6.33 Å². The molecule has 1 atom stereocenters. The van der Waals surface area contributed by atoms with Crippen LogP contribution in [0.25, 0.3) is 0 Å². The second-order valence-electron chi connectivity index (χ2n) is 4.58. The van der Waals surface area contributed by atoms with Gasteiger partial charge in [0.25, 0.3) is 10.0 Å². The average Bonchev–Trinajstić information content (AvgIpc) is 2.86. The van der Waals surface area contributed by atoms with Crippen molar-refractivity contribution in [2.24, 2.45) is 7.05 Å². The number of hydrogen-bond donors (Lipinski definition) is 2. The molecule has 0 fully saturated rings. The molecule has 8 heteroatoms. The van der Waals surface area contributed by atoms with Gasteiger partial charge in [-0.2, -0.15) is 4.72 Å². The fourth-order valence-corrected chi connectivity index (χ4v) is 2.97. The van der Waals surface area contributed by atoms with Crippen molar-refractivity contribution >= 4 is 16.0 Å². The van der Waals surface area contributed by atoms with Crippen LogP contribution in [0.3, 0.4) is 0 Å². The molecule has 112 valence electrons. The van der Waals surface area contributed by atoms with Crippen LogP contribution in [0.1, 0.15) is 5.56 Å². The van der Waals surface area contributed by atoms with Gasteiger partial charge in [0.2, 0.25) is 0 Å². The number of carboxylic acid groups (broad SMARTS) is 1. The molecular formula is C13H15N3O4S. The van der Waals surface area contributed by atoms with Gasteiger partial charge in [-0.1, -0.05) is 30.3 Å². The van der Waals surface area contributed by atoms with Crippen molar-refractivity contribution in [2.75, 3.05) is 0 Å². The minimum atomic E-state index is -3.97. The van der Waals surface area contributed by atoms with Crippen LogP contribution in [-0.4, -0.2) is 35.1 Å². The molecular weight excluding hydrogens is 294 g/mol. The maximum absolute atomic E-state index is 12.1. The molecule has 2 aromatic rings. The highest BCUT2D eigenvalue weighted by Gasteiger charge is 2.27. The Labute approximate surface area is 122 Å². The first-order chi connectivity index (χ1) is 9.88. The van der Waals surface area contributed by atoms with Crippen molar-refractivity contribution in [2.45, 2.75) is 17.5 Å². The molecule has 0 aliphatic heterocycles. The van der Waals surface area contributed by atoms with Crippen molar-refractivity contribution in [3.8, 4) is 0 Å². The summed E-state index contributed by atoms with van der Waals surface area (Å²) in [5.41, 5.74) is 0.730. The summed E-state index contributed by atoms with van der Waals surface area (Å²) in [6, 6.07) is 7.57. The minimum Gasteiger partial charge on any atom is -0.480 e. The third-order valence-electron chi connectivity index (χ3n) is 2.83. The molecule has 0 aliphatic rings. The molecule has 0 spiro atoms. The van der Waals surface area contributed by atoms with Crippen LogP contribution in [0.5, 0.6) is 0 Å². The number of nitrogens with zero attached hydrogens (tertiary/aromatic N) is 2. The van der Waals surface area contributed by atoms with Gasteiger partial charge in [-0.3, -0.25) is 4.79 Å². The molecule has 21 heavy (non-hydrogen) atoms. The van der Waals surface area contributed by atoms with Crippen LogP contribution in [0.4, 0.5) is 0 Å². The van der Waals surface area contributed by atoms with Crippen LogP contribution in [0, 0.1) is 0 Å². The number of aryl methyl sites for hydroxylation is 1. The monoisotopic (exact) mass is 309 g/mol. The SMILES string of the molecule is Cn1cnc(S(=O)(=O)NC(Cc2ccccc2)C(=O)O)c1. The Morgan fingerprint density at radius 2 is 2.05 bits per heavy atom. The summed E-state index contributed by atoms with van der Waals surface area (Å²) in [6.07, 6.45) is 2.70. The molecule has 1 heterocycles. The van der Waals surface area contributed by atoms with Gasteiger partial charge in [-0.05, 0) is 12.0 Å². The number of carbonyl (C=O) groups is 1. The number of benzene rings is 1. The van der Waals surface area contributed by atoms with Crippen LogP contribution in [-0.2, 0) is 28.3 Å². The number of carboxylic acids is 1. The Kier molecular flexibility index (Phi) is 4.39. The summed E-state index contributed by atoms with van der Waals surface area (Å²) in [6.45, 7) is 0. The zero-order chi connectivity index (χ0) is 15.5. The molecule has 0 saturated heterocycles. The predicted octanol–water partition coefficient (Wildman–Crippen LogP) is 0.394. The Morgan fingerprint density at radius 1 is 1.38 bits per heavy atom. The van der Waals surface area contributed by atoms with Crippen LogP contribution in [0.2, 0.25) is 0 Å². The molecule has 7 nitrogen and oxygen atoms in total. The zero-order valence-electron chi connectivity index (χ0n) is 11.3. The van der Waals surface area contributed by atoms with Crippen molar-refractivity contribution in [1.29, 1.82) is 0 Å². The summed E-state index contributed by atoms with van der Waals surface area (Å²) >= 11 is 0. The smallest absolute Gasteiger partial charge is 0.322 e. The van der Waals surface area contributed by atoms with Gasteiger partial charge in [0.15, 0.2) is 5.03 Å². The summed E-state index contributed by atoms with van der Waals surface area (Å²) < 4.78 is 27.8. The molecule has 0 radical (unpaired) electrons. The van der Waals surface area contributed by atoms with Gasteiger partial charge < -0.3 is 9.67 Å². The topological polar surface area (TPSA) is 101 Å². The number of aromatic nitrogens is 2. The fraction of sp³-hybridized carbons (Fsp3) is 0.231. The quantitative estimate of drug-likeness (QED) is 0.804. The Balaban J connectivity index is 2.18. The molecule has 0 aliphatic carbocycles. The number of imidazole rings is 1. The number of nitrogens with one attached hydrogen (secondary N) is 1. The van der Waals surface area contributed by atoms with Crippen molar-refractivity contribution in [3.63, 3.8) is 0 Å². The third-order valence-corrected chi connectivity index (χ3v) is 4.19. The predicted molar refractivity (Wildman–Crippen MR) is 75.1 cm³/mol.